The van der Waals surface area contributed by atoms with E-state index in [2.05, 4.69) is 15.9 Å². The van der Waals surface area contributed by atoms with Crippen molar-refractivity contribution in [2.75, 3.05) is 17.4 Å². The van der Waals surface area contributed by atoms with E-state index < -0.39 is 0 Å². The molecule has 0 radical (unpaired) electrons. The van der Waals surface area contributed by atoms with Gasteiger partial charge in [-0.2, -0.15) is 0 Å². The van der Waals surface area contributed by atoms with Crippen molar-refractivity contribution in [2.24, 2.45) is 0 Å². The Kier molecular flexibility index (Phi) is 4.99. The van der Waals surface area contributed by atoms with Gasteiger partial charge < -0.3 is 5.73 Å². The third kappa shape index (κ3) is 3.79. The fraction of sp³-hybridized carbons (Fsp3) is 0.333. The average Bonchev–Trinajstić information content (AvgIpc) is 2.09. The zero-order valence-corrected chi connectivity index (χ0v) is 10.3. The molecule has 4 heteroatoms. The molecule has 1 rings (SSSR count). The number of nitrogens with two attached hydrogens (primary N) is 1. The summed E-state index contributed by atoms with van der Waals surface area (Å²) in [6.07, 6.45) is 1.02. The molecule has 0 bridgehead atoms. The fourth-order valence-electron chi connectivity index (χ4n) is 0.887. The van der Waals surface area contributed by atoms with Gasteiger partial charge in [-0.25, -0.2) is 0 Å². The Hall–Kier alpha value is 0.140. The second-order valence-electron chi connectivity index (χ2n) is 2.57. The van der Waals surface area contributed by atoms with Gasteiger partial charge in [-0.3, -0.25) is 0 Å². The van der Waals surface area contributed by atoms with Gasteiger partial charge in [-0.05, 0) is 30.4 Å². The molecule has 0 saturated heterocycles. The van der Waals surface area contributed by atoms with Crippen LogP contribution in [0.2, 0.25) is 0 Å². The van der Waals surface area contributed by atoms with Gasteiger partial charge >= 0.3 is 0 Å². The third-order valence-electron chi connectivity index (χ3n) is 1.51. The number of nitrogen functional groups attached to an aromatic ring is 1. The lowest BCUT2D eigenvalue weighted by Crippen LogP contribution is -1.89. The third-order valence-corrected chi connectivity index (χ3v) is 3.44. The summed E-state index contributed by atoms with van der Waals surface area (Å²) in [6.45, 7) is 0. The molecule has 0 spiro atoms. The highest BCUT2D eigenvalue weighted by molar-refractivity contribution is 9.10. The van der Waals surface area contributed by atoms with E-state index in [1.807, 2.05) is 18.2 Å². The second-order valence-corrected chi connectivity index (χ2v) is 5.00. The van der Waals surface area contributed by atoms with Gasteiger partial charge in [0.25, 0.3) is 0 Å². The minimum absolute atomic E-state index is 0.712. The molecule has 1 aromatic rings. The fourth-order valence-corrected chi connectivity index (χ4v) is 2.46. The molecular weight excluding hydrogens is 270 g/mol. The SMILES string of the molecule is Nc1cc(Br)ccc1SCCCCl. The van der Waals surface area contributed by atoms with Gasteiger partial charge in [0.15, 0.2) is 0 Å². The minimum Gasteiger partial charge on any atom is -0.398 e. The van der Waals surface area contributed by atoms with E-state index in [1.54, 1.807) is 11.8 Å². The van der Waals surface area contributed by atoms with Crippen LogP contribution >= 0.6 is 39.3 Å². The first-order valence-electron chi connectivity index (χ1n) is 3.98. The molecule has 2 N–H and O–H groups in total. The predicted molar refractivity (Wildman–Crippen MR) is 64.6 cm³/mol. The van der Waals surface area contributed by atoms with Crippen molar-refractivity contribution in [1.29, 1.82) is 0 Å². The van der Waals surface area contributed by atoms with Gasteiger partial charge in [-0.15, -0.1) is 23.4 Å². The van der Waals surface area contributed by atoms with Crippen molar-refractivity contribution < 1.29 is 0 Å². The summed E-state index contributed by atoms with van der Waals surface area (Å²) in [4.78, 5) is 1.13. The largest absolute Gasteiger partial charge is 0.398 e. The monoisotopic (exact) mass is 279 g/mol. The highest BCUT2D eigenvalue weighted by Gasteiger charge is 1.99. The number of anilines is 1. The molecule has 1 nitrogen and oxygen atoms in total. The van der Waals surface area contributed by atoms with Crippen molar-refractivity contribution in [2.45, 2.75) is 11.3 Å². The average molecular weight is 281 g/mol. The first kappa shape index (κ1) is 11.2. The van der Waals surface area contributed by atoms with Crippen molar-refractivity contribution in [3.8, 4) is 0 Å². The molecule has 0 aliphatic rings. The first-order valence-corrected chi connectivity index (χ1v) is 6.29. The van der Waals surface area contributed by atoms with Crippen LogP contribution in [0, 0.1) is 0 Å². The Morgan fingerprint density at radius 1 is 1.46 bits per heavy atom. The smallest absolute Gasteiger partial charge is 0.0463 e. The molecule has 0 aliphatic carbocycles. The quantitative estimate of drug-likeness (QED) is 0.393. The maximum absolute atomic E-state index is 5.82. The maximum Gasteiger partial charge on any atom is 0.0463 e. The molecule has 0 heterocycles. The Labute approximate surface area is 96.2 Å². The van der Waals surface area contributed by atoms with E-state index in [1.165, 1.54) is 0 Å². The Bertz CT molecular complexity index is 280. The van der Waals surface area contributed by atoms with Crippen molar-refractivity contribution in [1.82, 2.24) is 0 Å². The molecule has 0 aromatic heterocycles. The van der Waals surface area contributed by atoms with Gasteiger partial charge in [0, 0.05) is 20.9 Å². The lowest BCUT2D eigenvalue weighted by atomic mass is 10.3. The Morgan fingerprint density at radius 3 is 2.85 bits per heavy atom. The van der Waals surface area contributed by atoms with Crippen molar-refractivity contribution >= 4 is 45.0 Å². The standard InChI is InChI=1S/C9H11BrClNS/c10-7-2-3-9(8(12)6-7)13-5-1-4-11/h2-3,6H,1,4-5,12H2. The number of thioether (sulfide) groups is 1. The zero-order chi connectivity index (χ0) is 9.68. The lowest BCUT2D eigenvalue weighted by molar-refractivity contribution is 1.11. The topological polar surface area (TPSA) is 26.0 Å². The van der Waals surface area contributed by atoms with Gasteiger partial charge in [-0.1, -0.05) is 15.9 Å². The van der Waals surface area contributed by atoms with Crippen LogP contribution in [-0.2, 0) is 0 Å². The molecule has 0 saturated carbocycles. The highest BCUT2D eigenvalue weighted by Crippen LogP contribution is 2.28. The van der Waals surface area contributed by atoms with Crippen LogP contribution in [0.4, 0.5) is 5.69 Å². The van der Waals surface area contributed by atoms with Crippen LogP contribution in [0.25, 0.3) is 0 Å². The van der Waals surface area contributed by atoms with Gasteiger partial charge in [0.05, 0.1) is 0 Å². The van der Waals surface area contributed by atoms with E-state index >= 15 is 0 Å². The van der Waals surface area contributed by atoms with E-state index in [4.69, 9.17) is 17.3 Å². The molecule has 0 amide bonds. The molecule has 0 unspecified atom stereocenters. The van der Waals surface area contributed by atoms with E-state index in [9.17, 15) is 0 Å². The summed E-state index contributed by atoms with van der Waals surface area (Å²) in [6, 6.07) is 5.95. The second kappa shape index (κ2) is 5.78. The van der Waals surface area contributed by atoms with E-state index in [0.29, 0.717) is 5.88 Å². The molecule has 13 heavy (non-hydrogen) atoms. The maximum atomic E-state index is 5.82. The van der Waals surface area contributed by atoms with Crippen LogP contribution in [0.3, 0.4) is 0 Å². The summed E-state index contributed by atoms with van der Waals surface area (Å²) >= 11 is 10.7. The van der Waals surface area contributed by atoms with Gasteiger partial charge in [0.1, 0.15) is 0 Å². The summed E-state index contributed by atoms with van der Waals surface area (Å²) in [5, 5.41) is 0. The molecule has 0 aliphatic heterocycles. The number of alkyl halides is 1. The highest BCUT2D eigenvalue weighted by atomic mass is 79.9. The summed E-state index contributed by atoms with van der Waals surface area (Å²) in [5.74, 6) is 1.73. The molecule has 72 valence electrons. The first-order chi connectivity index (χ1) is 6.24. The van der Waals surface area contributed by atoms with E-state index in [-0.39, 0.29) is 0 Å². The number of hydrogen-bond donors (Lipinski definition) is 1. The normalized spacial score (nSPS) is 10.3. The van der Waals surface area contributed by atoms with Crippen LogP contribution < -0.4 is 5.73 Å². The summed E-state index contributed by atoms with van der Waals surface area (Å²) in [5.41, 5.74) is 6.65. The Balaban J connectivity index is 2.56. The van der Waals surface area contributed by atoms with E-state index in [0.717, 1.165) is 27.2 Å². The molecule has 0 atom stereocenters. The van der Waals surface area contributed by atoms with Crippen LogP contribution in [0.1, 0.15) is 6.42 Å². The van der Waals surface area contributed by atoms with Crippen LogP contribution in [-0.4, -0.2) is 11.6 Å². The zero-order valence-electron chi connectivity index (χ0n) is 7.09. The molecular formula is C9H11BrClNS. The lowest BCUT2D eigenvalue weighted by Gasteiger charge is -2.04. The number of rotatable bonds is 4. The number of halogens is 2. The van der Waals surface area contributed by atoms with Gasteiger partial charge in [0.2, 0.25) is 0 Å². The predicted octanol–water partition coefficient (Wildman–Crippen LogP) is 3.75. The van der Waals surface area contributed by atoms with Crippen molar-refractivity contribution in [3.05, 3.63) is 22.7 Å². The van der Waals surface area contributed by atoms with Crippen molar-refractivity contribution in [3.63, 3.8) is 0 Å². The summed E-state index contributed by atoms with van der Waals surface area (Å²) < 4.78 is 1.02. The minimum atomic E-state index is 0.712. The van der Waals surface area contributed by atoms with Crippen LogP contribution in [0.5, 0.6) is 0 Å². The number of hydrogen-bond acceptors (Lipinski definition) is 2. The molecule has 1 aromatic carbocycles. The Morgan fingerprint density at radius 2 is 2.23 bits per heavy atom. The summed E-state index contributed by atoms with van der Waals surface area (Å²) in [7, 11) is 0. The molecule has 0 fully saturated rings. The number of benzene rings is 1. The van der Waals surface area contributed by atoms with Crippen LogP contribution in [0.15, 0.2) is 27.6 Å².